The van der Waals surface area contributed by atoms with Gasteiger partial charge in [-0.1, -0.05) is 60.7 Å². The van der Waals surface area contributed by atoms with Crippen molar-refractivity contribution in [1.29, 1.82) is 0 Å². The number of amides is 1. The van der Waals surface area contributed by atoms with Gasteiger partial charge in [0, 0.05) is 5.56 Å². The summed E-state index contributed by atoms with van der Waals surface area (Å²) in [5.74, 6) is -0.768. The third-order valence-corrected chi connectivity index (χ3v) is 5.48. The zero-order valence-corrected chi connectivity index (χ0v) is 18.4. The van der Waals surface area contributed by atoms with E-state index in [1.807, 2.05) is 49.4 Å². The van der Waals surface area contributed by atoms with Gasteiger partial charge in [0.2, 0.25) is 0 Å². The van der Waals surface area contributed by atoms with Crippen LogP contribution in [0.4, 0.5) is 4.39 Å². The van der Waals surface area contributed by atoms with Gasteiger partial charge in [0.15, 0.2) is 5.69 Å². The summed E-state index contributed by atoms with van der Waals surface area (Å²) in [5, 5.41) is 10.8. The number of hydrogen-bond donors (Lipinski definition) is 1. The van der Waals surface area contributed by atoms with Crippen molar-refractivity contribution in [2.24, 2.45) is 5.10 Å². The van der Waals surface area contributed by atoms with Crippen molar-refractivity contribution >= 4 is 22.9 Å². The molecular formula is C28H21FN4O. The highest BCUT2D eigenvalue weighted by Crippen LogP contribution is 2.28. The van der Waals surface area contributed by atoms with Gasteiger partial charge in [0.1, 0.15) is 5.82 Å². The van der Waals surface area contributed by atoms with Crippen LogP contribution in [0.1, 0.15) is 21.6 Å². The van der Waals surface area contributed by atoms with Crippen LogP contribution >= 0.6 is 0 Å². The first-order chi connectivity index (χ1) is 16.6. The number of nitrogens with zero attached hydrogens (tertiary/aromatic N) is 3. The molecule has 1 amide bonds. The summed E-state index contributed by atoms with van der Waals surface area (Å²) in [6.45, 7) is 2.01. The molecule has 0 atom stereocenters. The Balaban J connectivity index is 1.50. The summed E-state index contributed by atoms with van der Waals surface area (Å²) in [4.78, 5) is 12.8. The van der Waals surface area contributed by atoms with Crippen molar-refractivity contribution in [3.05, 3.63) is 120 Å². The molecule has 0 saturated carbocycles. The molecule has 0 aliphatic heterocycles. The molecule has 6 heteroatoms. The van der Waals surface area contributed by atoms with E-state index < -0.39 is 5.91 Å². The Morgan fingerprint density at radius 1 is 0.912 bits per heavy atom. The second-order valence-corrected chi connectivity index (χ2v) is 7.98. The first-order valence-electron chi connectivity index (χ1n) is 10.8. The van der Waals surface area contributed by atoms with Gasteiger partial charge in [0.05, 0.1) is 17.6 Å². The summed E-state index contributed by atoms with van der Waals surface area (Å²) < 4.78 is 14.8. The monoisotopic (exact) mass is 448 g/mol. The molecule has 34 heavy (non-hydrogen) atoms. The van der Waals surface area contributed by atoms with E-state index in [0.717, 1.165) is 33.3 Å². The second-order valence-electron chi connectivity index (χ2n) is 7.98. The molecule has 1 aromatic heterocycles. The fourth-order valence-corrected chi connectivity index (χ4v) is 3.77. The van der Waals surface area contributed by atoms with Gasteiger partial charge in [0.25, 0.3) is 5.91 Å². The average molecular weight is 449 g/mol. The molecule has 0 aliphatic carbocycles. The molecule has 0 fully saturated rings. The largest absolute Gasteiger partial charge is 0.291 e. The molecule has 0 spiro atoms. The van der Waals surface area contributed by atoms with Crippen LogP contribution < -0.4 is 5.43 Å². The third kappa shape index (κ3) is 4.47. The van der Waals surface area contributed by atoms with Gasteiger partial charge in [-0.3, -0.25) is 4.79 Å². The summed E-state index contributed by atoms with van der Waals surface area (Å²) in [6.07, 6.45) is 1.46. The molecule has 0 radical (unpaired) electrons. The average Bonchev–Trinajstić information content (AvgIpc) is 3.31. The molecule has 0 unspecified atom stereocenters. The fraction of sp³-hybridized carbons (Fsp3) is 0.0357. The highest BCUT2D eigenvalue weighted by Gasteiger charge is 2.17. The third-order valence-electron chi connectivity index (χ3n) is 5.48. The lowest BCUT2D eigenvalue weighted by molar-refractivity contribution is 0.0949. The lowest BCUT2D eigenvalue weighted by Crippen LogP contribution is -2.18. The van der Waals surface area contributed by atoms with Gasteiger partial charge in [-0.15, -0.1) is 0 Å². The number of halogens is 1. The molecular weight excluding hydrogens is 427 g/mol. The van der Waals surface area contributed by atoms with Crippen LogP contribution in [0.5, 0.6) is 0 Å². The van der Waals surface area contributed by atoms with Gasteiger partial charge < -0.3 is 0 Å². The highest BCUT2D eigenvalue weighted by molar-refractivity contribution is 5.95. The smallest absolute Gasteiger partial charge is 0.265 e. The minimum atomic E-state index is -0.438. The van der Waals surface area contributed by atoms with Crippen molar-refractivity contribution in [2.45, 2.75) is 6.92 Å². The molecule has 0 aliphatic rings. The number of nitrogens with one attached hydrogen (secondary N) is 1. The number of carbonyl (C=O) groups excluding carboxylic acids is 1. The Bertz CT molecular complexity index is 1520. The van der Waals surface area contributed by atoms with E-state index >= 15 is 0 Å². The summed E-state index contributed by atoms with van der Waals surface area (Å²) in [7, 11) is 0. The van der Waals surface area contributed by atoms with Crippen LogP contribution in [0.2, 0.25) is 0 Å². The van der Waals surface area contributed by atoms with E-state index in [9.17, 15) is 9.18 Å². The standard InChI is InChI=1S/C28H21FN4O/c1-19-5-4-8-25(15-19)33-27(23-12-11-21-6-2-3-7-22(21)16-23)17-26(32-33)28(34)31-30-18-20-9-13-24(29)14-10-20/h2-18H,1H3,(H,31,34)/b30-18-. The second kappa shape index (κ2) is 9.11. The summed E-state index contributed by atoms with van der Waals surface area (Å²) in [5.41, 5.74) is 7.10. The van der Waals surface area contributed by atoms with E-state index in [0.29, 0.717) is 5.56 Å². The van der Waals surface area contributed by atoms with Gasteiger partial charge in [-0.25, -0.2) is 14.5 Å². The zero-order valence-electron chi connectivity index (χ0n) is 18.4. The Kier molecular flexibility index (Phi) is 5.70. The van der Waals surface area contributed by atoms with Gasteiger partial charge in [-0.05, 0) is 65.2 Å². The van der Waals surface area contributed by atoms with Crippen molar-refractivity contribution < 1.29 is 9.18 Å². The lowest BCUT2D eigenvalue weighted by Gasteiger charge is -2.09. The van der Waals surface area contributed by atoms with Crippen LogP contribution in [0.3, 0.4) is 0 Å². The maximum absolute atomic E-state index is 13.1. The van der Waals surface area contributed by atoms with E-state index in [-0.39, 0.29) is 11.5 Å². The molecule has 1 heterocycles. The van der Waals surface area contributed by atoms with Gasteiger partial charge >= 0.3 is 0 Å². The molecule has 4 aromatic carbocycles. The topological polar surface area (TPSA) is 59.3 Å². The van der Waals surface area contributed by atoms with Crippen LogP contribution in [0.15, 0.2) is 102 Å². The zero-order chi connectivity index (χ0) is 23.5. The maximum atomic E-state index is 13.1. The number of benzene rings is 4. The summed E-state index contributed by atoms with van der Waals surface area (Å²) >= 11 is 0. The number of hydrazone groups is 1. The molecule has 1 N–H and O–H groups in total. The number of aryl methyl sites for hydroxylation is 1. The lowest BCUT2D eigenvalue weighted by atomic mass is 10.0. The minimum Gasteiger partial charge on any atom is -0.265 e. The van der Waals surface area contributed by atoms with Crippen molar-refractivity contribution in [1.82, 2.24) is 15.2 Å². The highest BCUT2D eigenvalue weighted by atomic mass is 19.1. The van der Waals surface area contributed by atoms with E-state index in [2.05, 4.69) is 39.9 Å². The van der Waals surface area contributed by atoms with Crippen LogP contribution in [-0.2, 0) is 0 Å². The Labute approximate surface area is 196 Å². The SMILES string of the molecule is Cc1cccc(-n2nc(C(=O)N/N=C\c3ccc(F)cc3)cc2-c2ccc3ccccc3c2)c1. The maximum Gasteiger partial charge on any atom is 0.291 e. The van der Waals surface area contributed by atoms with Crippen molar-refractivity contribution in [3.8, 4) is 16.9 Å². The van der Waals surface area contributed by atoms with Crippen LogP contribution in [-0.4, -0.2) is 21.9 Å². The van der Waals surface area contributed by atoms with E-state index in [1.165, 1.54) is 18.3 Å². The first kappa shape index (κ1) is 21.3. The predicted molar refractivity (Wildman–Crippen MR) is 133 cm³/mol. The number of fused-ring (bicyclic) bond motifs is 1. The predicted octanol–water partition coefficient (Wildman–Crippen LogP) is 5.90. The number of aromatic nitrogens is 2. The molecule has 5 nitrogen and oxygen atoms in total. The van der Waals surface area contributed by atoms with E-state index in [4.69, 9.17) is 0 Å². The molecule has 5 aromatic rings. The van der Waals surface area contributed by atoms with Crippen LogP contribution in [0.25, 0.3) is 27.7 Å². The number of carbonyl (C=O) groups is 1. The fourth-order valence-electron chi connectivity index (χ4n) is 3.77. The Morgan fingerprint density at radius 3 is 2.50 bits per heavy atom. The van der Waals surface area contributed by atoms with Crippen LogP contribution in [0, 0.1) is 12.7 Å². The van der Waals surface area contributed by atoms with E-state index in [1.54, 1.807) is 22.9 Å². The minimum absolute atomic E-state index is 0.237. The van der Waals surface area contributed by atoms with Crippen molar-refractivity contribution in [2.75, 3.05) is 0 Å². The molecule has 0 bridgehead atoms. The molecule has 166 valence electrons. The molecule has 0 saturated heterocycles. The normalized spacial score (nSPS) is 11.2. The quantitative estimate of drug-likeness (QED) is 0.269. The Morgan fingerprint density at radius 2 is 1.71 bits per heavy atom. The summed E-state index contributed by atoms with van der Waals surface area (Å²) in [6, 6.07) is 29.9. The first-order valence-corrected chi connectivity index (χ1v) is 10.8. The van der Waals surface area contributed by atoms with Crippen molar-refractivity contribution in [3.63, 3.8) is 0 Å². The van der Waals surface area contributed by atoms with Gasteiger partial charge in [-0.2, -0.15) is 10.2 Å². The Hall–Kier alpha value is -4.58. The number of rotatable bonds is 5. The number of hydrogen-bond acceptors (Lipinski definition) is 3. The molecule has 5 rings (SSSR count).